The van der Waals surface area contributed by atoms with E-state index >= 15 is 0 Å². The van der Waals surface area contributed by atoms with Gasteiger partial charge in [-0.2, -0.15) is 10.2 Å². The summed E-state index contributed by atoms with van der Waals surface area (Å²) in [5, 5.41) is 10.8. The molecule has 2 aliphatic rings. The second kappa shape index (κ2) is 6.01. The fourth-order valence-electron chi connectivity index (χ4n) is 2.89. The number of nitriles is 1. The zero-order chi connectivity index (χ0) is 19.1. The van der Waals surface area contributed by atoms with Crippen LogP contribution >= 0.6 is 0 Å². The van der Waals surface area contributed by atoms with Gasteiger partial charge < -0.3 is 4.85 Å². The molecule has 0 radical (unpaired) electrons. The Morgan fingerprint density at radius 1 is 0.786 bits per heavy atom. The van der Waals surface area contributed by atoms with Gasteiger partial charge in [0.25, 0.3) is 5.82 Å². The molecule has 8 heteroatoms. The van der Waals surface area contributed by atoms with E-state index in [1.165, 1.54) is 0 Å². The lowest BCUT2D eigenvalue weighted by Crippen LogP contribution is -1.96. The van der Waals surface area contributed by atoms with Crippen LogP contribution in [0.2, 0.25) is 0 Å². The van der Waals surface area contributed by atoms with Crippen molar-refractivity contribution in [2.75, 3.05) is 0 Å². The molecule has 0 aliphatic carbocycles. The van der Waals surface area contributed by atoms with Gasteiger partial charge in [-0.1, -0.05) is 29.8 Å². The summed E-state index contributed by atoms with van der Waals surface area (Å²) in [6.45, 7) is 7.38. The predicted molar refractivity (Wildman–Crippen MR) is 104 cm³/mol. The fraction of sp³-hybridized carbons (Fsp3) is 0. The van der Waals surface area contributed by atoms with Gasteiger partial charge in [-0.05, 0) is 30.3 Å². The number of aromatic nitrogens is 4. The number of nitrogens with zero attached hydrogens (tertiary/aromatic N) is 8. The van der Waals surface area contributed by atoms with E-state index in [2.05, 4.69) is 34.8 Å². The molecule has 0 atom stereocenters. The van der Waals surface area contributed by atoms with E-state index < -0.39 is 0 Å². The highest BCUT2D eigenvalue weighted by atomic mass is 15.1. The summed E-state index contributed by atoms with van der Waals surface area (Å²) in [6, 6.07) is 16.4. The normalized spacial score (nSPS) is 12.6. The number of rotatable bonds is 0. The molecule has 0 spiro atoms. The third-order valence-electron chi connectivity index (χ3n) is 4.16. The number of amidine groups is 1. The zero-order valence-electron chi connectivity index (χ0n) is 14.2. The summed E-state index contributed by atoms with van der Waals surface area (Å²) in [5.41, 5.74) is 1.32. The highest BCUT2D eigenvalue weighted by Crippen LogP contribution is 2.25. The minimum atomic E-state index is 0.135. The third-order valence-corrected chi connectivity index (χ3v) is 4.16. The lowest BCUT2D eigenvalue weighted by Gasteiger charge is -1.93. The van der Waals surface area contributed by atoms with E-state index in [-0.39, 0.29) is 23.2 Å². The van der Waals surface area contributed by atoms with E-state index in [0.717, 1.165) is 0 Å². The first-order valence-electron chi connectivity index (χ1n) is 8.25. The molecule has 8 bridgehead atoms. The smallest absolute Gasteiger partial charge is 0.316 e. The largest absolute Gasteiger partial charge is 0.358 e. The number of fused-ring (bicyclic) bond motifs is 10. The van der Waals surface area contributed by atoms with E-state index in [9.17, 15) is 5.26 Å². The number of hydrogen-bond acceptors (Lipinski definition) is 7. The summed E-state index contributed by atoms with van der Waals surface area (Å²) in [6.07, 6.45) is 0. The Balaban J connectivity index is 1.98. The molecule has 0 saturated heterocycles. The Morgan fingerprint density at radius 3 is 2.04 bits per heavy atom. The maximum absolute atomic E-state index is 9.41. The lowest BCUT2D eigenvalue weighted by atomic mass is 10.2. The van der Waals surface area contributed by atoms with Crippen LogP contribution in [0.15, 0.2) is 58.5 Å². The van der Waals surface area contributed by atoms with Crippen LogP contribution in [0.25, 0.3) is 26.7 Å². The zero-order valence-corrected chi connectivity index (χ0v) is 14.2. The monoisotopic (exact) mass is 360 g/mol. The van der Waals surface area contributed by atoms with Crippen LogP contribution in [0.5, 0.6) is 0 Å². The van der Waals surface area contributed by atoms with Crippen molar-refractivity contribution in [1.82, 2.24) is 19.9 Å². The van der Waals surface area contributed by atoms with Crippen molar-refractivity contribution < 1.29 is 0 Å². The first-order valence-corrected chi connectivity index (χ1v) is 8.25. The Labute approximate surface area is 158 Å². The van der Waals surface area contributed by atoms with Gasteiger partial charge in [-0.15, -0.1) is 0 Å². The number of aliphatic imine (C=N–C) groups is 2. The molecule has 0 unspecified atom stereocenters. The highest BCUT2D eigenvalue weighted by Gasteiger charge is 2.18. The molecule has 5 rings (SSSR count). The van der Waals surface area contributed by atoms with Gasteiger partial charge >= 0.3 is 5.84 Å². The molecule has 1 aromatic heterocycles. The van der Waals surface area contributed by atoms with Gasteiger partial charge in [0.15, 0.2) is 23.2 Å². The molecule has 2 aromatic carbocycles. The maximum Gasteiger partial charge on any atom is 0.316 e. The van der Waals surface area contributed by atoms with Crippen LogP contribution in [0.1, 0.15) is 11.6 Å². The molecular formula is C20H8N8. The first kappa shape index (κ1) is 15.7. The van der Waals surface area contributed by atoms with E-state index in [1.54, 1.807) is 36.4 Å². The van der Waals surface area contributed by atoms with Crippen molar-refractivity contribution in [3.8, 4) is 6.07 Å². The molecule has 8 nitrogen and oxygen atoms in total. The van der Waals surface area contributed by atoms with Crippen LogP contribution in [0.3, 0.4) is 0 Å². The van der Waals surface area contributed by atoms with Gasteiger partial charge in [-0.25, -0.2) is 19.9 Å². The lowest BCUT2D eigenvalue weighted by molar-refractivity contribution is 1.22. The molecule has 128 valence electrons. The van der Waals surface area contributed by atoms with Crippen LogP contribution < -0.4 is 0 Å². The highest BCUT2D eigenvalue weighted by molar-refractivity contribution is 6.13. The molecule has 0 N–H and O–H groups in total. The molecule has 0 fully saturated rings. The SMILES string of the molecule is [C-]#[N+]C1=Nc2nc1nc1cccc(c1)c1nc(nc3cccc2c3)C(C#N)=N1. The quantitative estimate of drug-likeness (QED) is 0.570. The minimum Gasteiger partial charge on any atom is -0.358 e. The van der Waals surface area contributed by atoms with Gasteiger partial charge in [0.2, 0.25) is 0 Å². The summed E-state index contributed by atoms with van der Waals surface area (Å²) in [4.78, 5) is 29.8. The van der Waals surface area contributed by atoms with Gasteiger partial charge in [0, 0.05) is 10.8 Å². The van der Waals surface area contributed by atoms with Gasteiger partial charge in [-0.3, -0.25) is 0 Å². The standard InChI is InChI=1S/C20H8N8/c1-22-19-20-24-14-7-2-4-11(8-14)16-25-15(10-21)18(26-16)23-13-6-3-5-12(9-13)17(27-19)28-20/h2-9H. The topological polar surface area (TPSA) is 104 Å². The van der Waals surface area contributed by atoms with Crippen molar-refractivity contribution in [1.29, 1.82) is 5.26 Å². The predicted octanol–water partition coefficient (Wildman–Crippen LogP) is 3.53. The molecule has 3 heterocycles. The van der Waals surface area contributed by atoms with Gasteiger partial charge in [0.1, 0.15) is 6.07 Å². The van der Waals surface area contributed by atoms with E-state index in [1.807, 2.05) is 18.2 Å². The van der Waals surface area contributed by atoms with Crippen molar-refractivity contribution >= 4 is 45.0 Å². The first-order chi connectivity index (χ1) is 13.7. The molecular weight excluding hydrogens is 352 g/mol. The second-order valence-corrected chi connectivity index (χ2v) is 5.96. The van der Waals surface area contributed by atoms with Crippen molar-refractivity contribution in [2.45, 2.75) is 0 Å². The molecule has 3 aromatic rings. The Bertz CT molecular complexity index is 1330. The maximum atomic E-state index is 9.41. The minimum absolute atomic E-state index is 0.135. The van der Waals surface area contributed by atoms with Crippen molar-refractivity contribution in [2.24, 2.45) is 9.98 Å². The average molecular weight is 360 g/mol. The van der Waals surface area contributed by atoms with Crippen LogP contribution in [0.4, 0.5) is 11.6 Å². The van der Waals surface area contributed by atoms with E-state index in [4.69, 9.17) is 6.57 Å². The Hall–Kier alpha value is -4.56. The summed E-state index contributed by atoms with van der Waals surface area (Å²) in [5.74, 6) is 1.42. The average Bonchev–Trinajstić information content (AvgIpc) is 3.32. The molecule has 0 saturated carbocycles. The van der Waals surface area contributed by atoms with Crippen LogP contribution in [-0.2, 0) is 0 Å². The Kier molecular flexibility index (Phi) is 3.36. The second-order valence-electron chi connectivity index (χ2n) is 5.96. The molecule has 2 aliphatic heterocycles. The van der Waals surface area contributed by atoms with Crippen LogP contribution in [-0.4, -0.2) is 31.5 Å². The van der Waals surface area contributed by atoms with Crippen molar-refractivity contribution in [3.05, 3.63) is 71.6 Å². The van der Waals surface area contributed by atoms with Crippen molar-refractivity contribution in [3.63, 3.8) is 0 Å². The van der Waals surface area contributed by atoms with E-state index in [0.29, 0.717) is 33.4 Å². The number of hydrogen-bond donors (Lipinski definition) is 0. The summed E-state index contributed by atoms with van der Waals surface area (Å²) >= 11 is 0. The van der Waals surface area contributed by atoms with Crippen LogP contribution in [0, 0.1) is 17.9 Å². The third kappa shape index (κ3) is 2.54. The fourth-order valence-corrected chi connectivity index (χ4v) is 2.89. The summed E-state index contributed by atoms with van der Waals surface area (Å²) < 4.78 is 0. The molecule has 28 heavy (non-hydrogen) atoms. The Morgan fingerprint density at radius 2 is 1.39 bits per heavy atom. The molecule has 0 amide bonds. The summed E-state index contributed by atoms with van der Waals surface area (Å²) in [7, 11) is 0. The van der Waals surface area contributed by atoms with Gasteiger partial charge in [0.05, 0.1) is 11.0 Å². The number of benzene rings is 2.